The number of furan rings is 1. The minimum absolute atomic E-state index is 0. The number of benzene rings is 2. The first-order valence-corrected chi connectivity index (χ1v) is 8.37. The van der Waals surface area contributed by atoms with E-state index in [0.717, 1.165) is 53.1 Å². The molecule has 2 heterocycles. The van der Waals surface area contributed by atoms with Crippen molar-refractivity contribution in [3.05, 3.63) is 59.9 Å². The number of fused-ring (bicyclic) bond motifs is 2. The number of halogens is 1. The molecule has 2 aromatic carbocycles. The molecule has 25 heavy (non-hydrogen) atoms. The van der Waals surface area contributed by atoms with Gasteiger partial charge >= 0.3 is 0 Å². The second kappa shape index (κ2) is 7.19. The second-order valence-corrected chi connectivity index (χ2v) is 6.24. The SMILES string of the molecule is Cl.Nc1cccc2c1CCCN2C(=O)CCc1cc2ccccc2o1. The van der Waals surface area contributed by atoms with Crippen molar-refractivity contribution in [1.29, 1.82) is 0 Å². The van der Waals surface area contributed by atoms with Gasteiger partial charge in [0.2, 0.25) is 5.91 Å². The van der Waals surface area contributed by atoms with Crippen molar-refractivity contribution in [2.24, 2.45) is 0 Å². The third-order valence-corrected chi connectivity index (χ3v) is 4.65. The third-order valence-electron chi connectivity index (χ3n) is 4.65. The maximum Gasteiger partial charge on any atom is 0.227 e. The van der Waals surface area contributed by atoms with E-state index in [9.17, 15) is 4.79 Å². The highest BCUT2D eigenvalue weighted by molar-refractivity contribution is 5.95. The van der Waals surface area contributed by atoms with Gasteiger partial charge in [-0.05, 0) is 42.7 Å². The summed E-state index contributed by atoms with van der Waals surface area (Å²) in [5.74, 6) is 0.983. The number of nitrogens with zero attached hydrogens (tertiary/aromatic N) is 1. The summed E-state index contributed by atoms with van der Waals surface area (Å²) in [6.07, 6.45) is 2.95. The van der Waals surface area contributed by atoms with Crippen molar-refractivity contribution < 1.29 is 9.21 Å². The van der Waals surface area contributed by atoms with Gasteiger partial charge in [0.05, 0.1) is 0 Å². The molecule has 4 rings (SSSR count). The van der Waals surface area contributed by atoms with E-state index in [1.165, 1.54) is 0 Å². The Balaban J connectivity index is 0.00000182. The highest BCUT2D eigenvalue weighted by atomic mass is 35.5. The van der Waals surface area contributed by atoms with Crippen molar-refractivity contribution in [2.75, 3.05) is 17.2 Å². The van der Waals surface area contributed by atoms with Crippen molar-refractivity contribution in [2.45, 2.75) is 25.7 Å². The smallest absolute Gasteiger partial charge is 0.227 e. The van der Waals surface area contributed by atoms with Crippen LogP contribution in [0.2, 0.25) is 0 Å². The lowest BCUT2D eigenvalue weighted by molar-refractivity contribution is -0.118. The Bertz CT molecular complexity index is 871. The maximum atomic E-state index is 12.7. The fraction of sp³-hybridized carbons (Fsp3) is 0.250. The molecule has 0 spiro atoms. The van der Waals surface area contributed by atoms with Crippen LogP contribution in [0.15, 0.2) is 52.9 Å². The van der Waals surface area contributed by atoms with Crippen molar-refractivity contribution in [1.82, 2.24) is 0 Å². The normalized spacial score (nSPS) is 13.4. The van der Waals surface area contributed by atoms with E-state index in [1.54, 1.807) is 0 Å². The first-order chi connectivity index (χ1) is 11.7. The summed E-state index contributed by atoms with van der Waals surface area (Å²) < 4.78 is 5.80. The summed E-state index contributed by atoms with van der Waals surface area (Å²) in [5.41, 5.74) is 9.78. The predicted octanol–water partition coefficient (Wildman–Crippen LogP) is 4.35. The van der Waals surface area contributed by atoms with Crippen LogP contribution in [0, 0.1) is 0 Å². The van der Waals surface area contributed by atoms with Crippen LogP contribution < -0.4 is 10.6 Å². The van der Waals surface area contributed by atoms with Crippen LogP contribution in [-0.2, 0) is 17.6 Å². The summed E-state index contributed by atoms with van der Waals surface area (Å²) in [4.78, 5) is 14.6. The molecule has 1 aromatic heterocycles. The lowest BCUT2D eigenvalue weighted by atomic mass is 9.99. The molecule has 130 valence electrons. The Morgan fingerprint density at radius 1 is 1.16 bits per heavy atom. The molecule has 0 fully saturated rings. The molecule has 4 nitrogen and oxygen atoms in total. The van der Waals surface area contributed by atoms with Crippen molar-refractivity contribution >= 4 is 40.7 Å². The van der Waals surface area contributed by atoms with Gasteiger partial charge in [0.1, 0.15) is 11.3 Å². The van der Waals surface area contributed by atoms with E-state index in [2.05, 4.69) is 0 Å². The van der Waals surface area contributed by atoms with E-state index in [0.29, 0.717) is 12.8 Å². The first-order valence-electron chi connectivity index (χ1n) is 8.37. The van der Waals surface area contributed by atoms with E-state index in [4.69, 9.17) is 10.2 Å². The molecule has 5 heteroatoms. The van der Waals surface area contributed by atoms with Crippen LogP contribution in [0.25, 0.3) is 11.0 Å². The summed E-state index contributed by atoms with van der Waals surface area (Å²) in [5, 5.41) is 1.08. The Labute approximate surface area is 153 Å². The zero-order valence-corrected chi connectivity index (χ0v) is 14.7. The summed E-state index contributed by atoms with van der Waals surface area (Å²) in [6, 6.07) is 15.7. The number of hydrogen-bond donors (Lipinski definition) is 1. The van der Waals surface area contributed by atoms with E-state index in [1.807, 2.05) is 53.4 Å². The summed E-state index contributed by atoms with van der Waals surface area (Å²) in [7, 11) is 0. The van der Waals surface area contributed by atoms with Gasteiger partial charge in [0, 0.05) is 36.1 Å². The largest absolute Gasteiger partial charge is 0.461 e. The van der Waals surface area contributed by atoms with Gasteiger partial charge in [0.15, 0.2) is 0 Å². The number of carbonyl (C=O) groups excluding carboxylic acids is 1. The van der Waals surface area contributed by atoms with Crippen LogP contribution >= 0.6 is 12.4 Å². The molecule has 0 aliphatic carbocycles. The minimum atomic E-state index is 0. The maximum absolute atomic E-state index is 12.7. The molecule has 0 bridgehead atoms. The minimum Gasteiger partial charge on any atom is -0.461 e. The van der Waals surface area contributed by atoms with Gasteiger partial charge in [-0.1, -0.05) is 24.3 Å². The Morgan fingerprint density at radius 2 is 2.00 bits per heavy atom. The Morgan fingerprint density at radius 3 is 2.84 bits per heavy atom. The van der Waals surface area contributed by atoms with Crippen molar-refractivity contribution in [3.8, 4) is 0 Å². The summed E-state index contributed by atoms with van der Waals surface area (Å²) in [6.45, 7) is 0.759. The topological polar surface area (TPSA) is 59.5 Å². The number of rotatable bonds is 3. The van der Waals surface area contributed by atoms with Gasteiger partial charge in [-0.3, -0.25) is 4.79 Å². The number of aryl methyl sites for hydroxylation is 1. The molecule has 1 aliphatic heterocycles. The van der Waals surface area contributed by atoms with Gasteiger partial charge in [-0.2, -0.15) is 0 Å². The molecule has 3 aromatic rings. The number of carbonyl (C=O) groups is 1. The molecule has 0 radical (unpaired) electrons. The molecule has 1 aliphatic rings. The zero-order chi connectivity index (χ0) is 16.5. The molecule has 0 unspecified atom stereocenters. The number of nitrogens with two attached hydrogens (primary N) is 1. The molecular formula is C20H21ClN2O2. The van der Waals surface area contributed by atoms with Crippen molar-refractivity contribution in [3.63, 3.8) is 0 Å². The van der Waals surface area contributed by atoms with Crippen LogP contribution in [0.3, 0.4) is 0 Å². The zero-order valence-electron chi connectivity index (χ0n) is 13.9. The van der Waals surface area contributed by atoms with E-state index >= 15 is 0 Å². The fourth-order valence-corrected chi connectivity index (χ4v) is 3.44. The van der Waals surface area contributed by atoms with Gasteiger partial charge < -0.3 is 15.1 Å². The number of para-hydroxylation sites is 1. The van der Waals surface area contributed by atoms with Gasteiger partial charge in [0.25, 0.3) is 0 Å². The average molecular weight is 357 g/mol. The van der Waals surface area contributed by atoms with Gasteiger partial charge in [-0.25, -0.2) is 0 Å². The molecule has 0 saturated heterocycles. The first kappa shape index (κ1) is 17.4. The fourth-order valence-electron chi connectivity index (χ4n) is 3.44. The lowest BCUT2D eigenvalue weighted by Gasteiger charge is -2.30. The van der Waals surface area contributed by atoms with Crippen LogP contribution in [0.4, 0.5) is 11.4 Å². The van der Waals surface area contributed by atoms with Crippen LogP contribution in [0.1, 0.15) is 24.2 Å². The van der Waals surface area contributed by atoms with E-state index < -0.39 is 0 Å². The highest BCUT2D eigenvalue weighted by Gasteiger charge is 2.23. The van der Waals surface area contributed by atoms with Crippen LogP contribution in [0.5, 0.6) is 0 Å². The molecular weight excluding hydrogens is 336 g/mol. The standard InChI is InChI=1S/C20H20N2O2.ClH/c21-17-7-3-8-18-16(17)6-4-12-22(18)20(23)11-10-15-13-14-5-1-2-9-19(14)24-15;/h1-3,5,7-9,13H,4,6,10-12,21H2;1H. The third kappa shape index (κ3) is 3.35. The Kier molecular flexibility index (Phi) is 5.00. The quantitative estimate of drug-likeness (QED) is 0.710. The average Bonchev–Trinajstić information content (AvgIpc) is 3.02. The molecule has 0 atom stereocenters. The number of nitrogen functional groups attached to an aromatic ring is 1. The Hall–Kier alpha value is -2.46. The predicted molar refractivity (Wildman–Crippen MR) is 103 cm³/mol. The van der Waals surface area contributed by atoms with E-state index in [-0.39, 0.29) is 18.3 Å². The molecule has 1 amide bonds. The van der Waals surface area contributed by atoms with Gasteiger partial charge in [-0.15, -0.1) is 12.4 Å². The molecule has 0 saturated carbocycles. The lowest BCUT2D eigenvalue weighted by Crippen LogP contribution is -2.35. The monoisotopic (exact) mass is 356 g/mol. The van der Waals surface area contributed by atoms with Crippen LogP contribution in [-0.4, -0.2) is 12.5 Å². The summed E-state index contributed by atoms with van der Waals surface area (Å²) >= 11 is 0. The highest BCUT2D eigenvalue weighted by Crippen LogP contribution is 2.32. The second-order valence-electron chi connectivity index (χ2n) is 6.24. The number of amides is 1. The molecule has 2 N–H and O–H groups in total. The number of anilines is 2. The number of hydrogen-bond acceptors (Lipinski definition) is 3.